The topological polar surface area (TPSA) is 62.0 Å². The van der Waals surface area contributed by atoms with Crippen molar-refractivity contribution < 1.29 is 4.79 Å². The molecule has 1 amide bonds. The SMILES string of the molecule is O=C(N[C@H]1CCc2ccccc21)c1cc(=O)[nH]c2ccccc12. The molecule has 1 aliphatic carbocycles. The zero-order chi connectivity index (χ0) is 15.8. The van der Waals surface area contributed by atoms with E-state index in [1.165, 1.54) is 17.2 Å². The maximum Gasteiger partial charge on any atom is 0.252 e. The molecule has 4 rings (SSSR count). The lowest BCUT2D eigenvalue weighted by atomic mass is 10.1. The quantitative estimate of drug-likeness (QED) is 0.764. The van der Waals surface area contributed by atoms with Crippen LogP contribution >= 0.6 is 0 Å². The average molecular weight is 304 g/mol. The number of hydrogen-bond donors (Lipinski definition) is 2. The lowest BCUT2D eigenvalue weighted by Gasteiger charge is -2.15. The standard InChI is InChI=1S/C19H16N2O2/c22-18-11-15(14-7-3-4-8-16(14)20-18)19(23)21-17-10-9-12-5-1-2-6-13(12)17/h1-8,11,17H,9-10H2,(H,20,22)(H,21,23)/t17-/m0/s1. The second-order valence-electron chi connectivity index (χ2n) is 5.86. The van der Waals surface area contributed by atoms with E-state index < -0.39 is 0 Å². The summed E-state index contributed by atoms with van der Waals surface area (Å²) in [7, 11) is 0. The van der Waals surface area contributed by atoms with Crippen molar-refractivity contribution in [1.29, 1.82) is 0 Å². The highest BCUT2D eigenvalue weighted by molar-refractivity contribution is 6.06. The summed E-state index contributed by atoms with van der Waals surface area (Å²) in [5, 5.41) is 3.84. The lowest BCUT2D eigenvalue weighted by molar-refractivity contribution is 0.0938. The van der Waals surface area contributed by atoms with Gasteiger partial charge in [0.25, 0.3) is 5.91 Å². The Hall–Kier alpha value is -2.88. The van der Waals surface area contributed by atoms with Crippen molar-refractivity contribution in [2.45, 2.75) is 18.9 Å². The average Bonchev–Trinajstić information content (AvgIpc) is 2.97. The van der Waals surface area contributed by atoms with Crippen molar-refractivity contribution in [1.82, 2.24) is 10.3 Å². The molecule has 0 bridgehead atoms. The molecule has 1 heterocycles. The maximum atomic E-state index is 12.7. The van der Waals surface area contributed by atoms with Crippen LogP contribution in [-0.2, 0) is 6.42 Å². The number of rotatable bonds is 2. The molecule has 2 aromatic carbocycles. The largest absolute Gasteiger partial charge is 0.345 e. The number of carbonyl (C=O) groups is 1. The van der Waals surface area contributed by atoms with E-state index in [2.05, 4.69) is 22.4 Å². The van der Waals surface area contributed by atoms with E-state index in [9.17, 15) is 9.59 Å². The van der Waals surface area contributed by atoms with Gasteiger partial charge in [-0.2, -0.15) is 0 Å². The first-order chi connectivity index (χ1) is 11.2. The van der Waals surface area contributed by atoms with Crippen LogP contribution in [0.4, 0.5) is 0 Å². The second kappa shape index (κ2) is 5.39. The van der Waals surface area contributed by atoms with E-state index in [-0.39, 0.29) is 17.5 Å². The van der Waals surface area contributed by atoms with Crippen molar-refractivity contribution in [2.24, 2.45) is 0 Å². The van der Waals surface area contributed by atoms with E-state index >= 15 is 0 Å². The van der Waals surface area contributed by atoms with Crippen molar-refractivity contribution in [3.63, 3.8) is 0 Å². The van der Waals surface area contributed by atoms with Gasteiger partial charge >= 0.3 is 0 Å². The third-order valence-corrected chi connectivity index (χ3v) is 4.43. The van der Waals surface area contributed by atoms with E-state index in [4.69, 9.17) is 0 Å². The van der Waals surface area contributed by atoms with Gasteiger partial charge in [0.1, 0.15) is 0 Å². The van der Waals surface area contributed by atoms with Gasteiger partial charge in [-0.3, -0.25) is 9.59 Å². The van der Waals surface area contributed by atoms with Crippen LogP contribution in [0.1, 0.15) is 33.9 Å². The molecule has 0 spiro atoms. The van der Waals surface area contributed by atoms with Crippen LogP contribution in [0.25, 0.3) is 10.9 Å². The molecule has 114 valence electrons. The highest BCUT2D eigenvalue weighted by Gasteiger charge is 2.24. The molecule has 0 fully saturated rings. The minimum atomic E-state index is -0.263. The minimum absolute atomic E-state index is 0.0109. The zero-order valence-electron chi connectivity index (χ0n) is 12.5. The molecule has 23 heavy (non-hydrogen) atoms. The van der Waals surface area contributed by atoms with E-state index in [1.807, 2.05) is 30.3 Å². The van der Waals surface area contributed by atoms with Gasteiger partial charge < -0.3 is 10.3 Å². The highest BCUT2D eigenvalue weighted by atomic mass is 16.2. The fourth-order valence-corrected chi connectivity index (χ4v) is 3.34. The Morgan fingerprint density at radius 2 is 1.87 bits per heavy atom. The van der Waals surface area contributed by atoms with Crippen molar-refractivity contribution in [3.8, 4) is 0 Å². The summed E-state index contributed by atoms with van der Waals surface area (Å²) in [6, 6.07) is 16.9. The first-order valence-electron chi connectivity index (χ1n) is 7.73. The molecular weight excluding hydrogens is 288 g/mol. The molecule has 3 aromatic rings. The normalized spacial score (nSPS) is 16.3. The number of amides is 1. The summed E-state index contributed by atoms with van der Waals surface area (Å²) in [5.74, 6) is -0.200. The molecule has 0 aliphatic heterocycles. The number of aromatic nitrogens is 1. The van der Waals surface area contributed by atoms with Gasteiger partial charge in [-0.25, -0.2) is 0 Å². The molecule has 0 radical (unpaired) electrons. The smallest absolute Gasteiger partial charge is 0.252 e. The predicted octanol–water partition coefficient (Wildman–Crippen LogP) is 2.95. The first-order valence-corrected chi connectivity index (χ1v) is 7.73. The number of fused-ring (bicyclic) bond motifs is 2. The Kier molecular flexibility index (Phi) is 3.23. The summed E-state index contributed by atoms with van der Waals surface area (Å²) >= 11 is 0. The number of para-hydroxylation sites is 1. The summed E-state index contributed by atoms with van der Waals surface area (Å²) in [6.07, 6.45) is 1.86. The Bertz CT molecular complexity index is 959. The zero-order valence-corrected chi connectivity index (χ0v) is 12.5. The number of aromatic amines is 1. The number of hydrogen-bond acceptors (Lipinski definition) is 2. The summed E-state index contributed by atoms with van der Waals surface area (Å²) < 4.78 is 0. The van der Waals surface area contributed by atoms with Gasteiger partial charge in [0.05, 0.1) is 11.6 Å². The third kappa shape index (κ3) is 2.42. The van der Waals surface area contributed by atoms with Gasteiger partial charge in [-0.05, 0) is 30.0 Å². The Morgan fingerprint density at radius 1 is 1.09 bits per heavy atom. The number of carbonyl (C=O) groups excluding carboxylic acids is 1. The fourth-order valence-electron chi connectivity index (χ4n) is 3.34. The first kappa shape index (κ1) is 13.8. The summed E-state index contributed by atoms with van der Waals surface area (Å²) in [5.41, 5.74) is 3.30. The number of H-pyrrole nitrogens is 1. The molecule has 1 atom stereocenters. The number of benzene rings is 2. The van der Waals surface area contributed by atoms with Crippen LogP contribution in [-0.4, -0.2) is 10.9 Å². The molecule has 4 heteroatoms. The monoisotopic (exact) mass is 304 g/mol. The Balaban J connectivity index is 1.70. The minimum Gasteiger partial charge on any atom is -0.345 e. The lowest BCUT2D eigenvalue weighted by Crippen LogP contribution is -2.28. The number of aryl methyl sites for hydroxylation is 1. The van der Waals surface area contributed by atoms with Gasteiger partial charge in [0.2, 0.25) is 5.56 Å². The summed E-state index contributed by atoms with van der Waals surface area (Å²) in [4.78, 5) is 27.3. The molecule has 0 unspecified atom stereocenters. The van der Waals surface area contributed by atoms with Crippen LogP contribution < -0.4 is 10.9 Å². The van der Waals surface area contributed by atoms with Crippen LogP contribution in [0.15, 0.2) is 59.4 Å². The van der Waals surface area contributed by atoms with Crippen LogP contribution in [0.2, 0.25) is 0 Å². The number of nitrogens with one attached hydrogen (secondary N) is 2. The van der Waals surface area contributed by atoms with Gasteiger partial charge in [-0.15, -0.1) is 0 Å². The molecule has 0 saturated heterocycles. The molecule has 4 nitrogen and oxygen atoms in total. The van der Waals surface area contributed by atoms with Gasteiger partial charge in [-0.1, -0.05) is 42.5 Å². The Labute approximate surface area is 133 Å². The van der Waals surface area contributed by atoms with Crippen molar-refractivity contribution in [3.05, 3.63) is 81.6 Å². The van der Waals surface area contributed by atoms with Gasteiger partial charge in [0.15, 0.2) is 0 Å². The number of pyridine rings is 1. The highest BCUT2D eigenvalue weighted by Crippen LogP contribution is 2.31. The third-order valence-electron chi connectivity index (χ3n) is 4.43. The van der Waals surface area contributed by atoms with E-state index in [0.717, 1.165) is 18.2 Å². The molecule has 2 N–H and O–H groups in total. The molecule has 1 aliphatic rings. The van der Waals surface area contributed by atoms with E-state index in [0.29, 0.717) is 11.1 Å². The van der Waals surface area contributed by atoms with Crippen LogP contribution in [0.5, 0.6) is 0 Å². The molecular formula is C19H16N2O2. The van der Waals surface area contributed by atoms with Crippen molar-refractivity contribution in [2.75, 3.05) is 0 Å². The van der Waals surface area contributed by atoms with Crippen LogP contribution in [0.3, 0.4) is 0 Å². The van der Waals surface area contributed by atoms with Crippen molar-refractivity contribution >= 4 is 16.8 Å². The maximum absolute atomic E-state index is 12.7. The predicted molar refractivity (Wildman–Crippen MR) is 89.5 cm³/mol. The van der Waals surface area contributed by atoms with Gasteiger partial charge in [0, 0.05) is 17.0 Å². The Morgan fingerprint density at radius 3 is 2.78 bits per heavy atom. The second-order valence-corrected chi connectivity index (χ2v) is 5.86. The van der Waals surface area contributed by atoms with E-state index in [1.54, 1.807) is 6.07 Å². The summed E-state index contributed by atoms with van der Waals surface area (Å²) in [6.45, 7) is 0. The molecule has 1 aromatic heterocycles. The fraction of sp³-hybridized carbons (Fsp3) is 0.158. The molecule has 0 saturated carbocycles. The van der Waals surface area contributed by atoms with Crippen LogP contribution in [0, 0.1) is 0 Å².